The highest BCUT2D eigenvalue weighted by Gasteiger charge is 2.20. The van der Waals surface area contributed by atoms with Crippen molar-refractivity contribution in [3.05, 3.63) is 52.0 Å². The summed E-state index contributed by atoms with van der Waals surface area (Å²) in [4.78, 5) is 20.5. The zero-order chi connectivity index (χ0) is 16.6. The summed E-state index contributed by atoms with van der Waals surface area (Å²) in [5.74, 6) is -0.188. The Morgan fingerprint density at radius 1 is 1.35 bits per heavy atom. The van der Waals surface area contributed by atoms with E-state index in [9.17, 15) is 13.6 Å². The van der Waals surface area contributed by atoms with E-state index < -0.39 is 12.3 Å². The Labute approximate surface area is 137 Å². The molecule has 0 aliphatic rings. The highest BCUT2D eigenvalue weighted by Crippen LogP contribution is 2.22. The number of alkyl halides is 2. The second kappa shape index (κ2) is 5.99. The molecule has 23 heavy (non-hydrogen) atoms. The first kappa shape index (κ1) is 15.5. The minimum atomic E-state index is -2.72. The van der Waals surface area contributed by atoms with Crippen LogP contribution in [0.2, 0.25) is 0 Å². The Hall–Kier alpha value is -2.42. The molecule has 3 aromatic rings. The summed E-state index contributed by atoms with van der Waals surface area (Å²) in [6.07, 6.45) is 0.0216. The van der Waals surface area contributed by atoms with Gasteiger partial charge in [0.25, 0.3) is 12.3 Å². The second-order valence-corrected chi connectivity index (χ2v) is 5.65. The number of halogens is 3. The van der Waals surface area contributed by atoms with Gasteiger partial charge < -0.3 is 5.32 Å². The lowest BCUT2D eigenvalue weighted by Crippen LogP contribution is -2.13. The van der Waals surface area contributed by atoms with Crippen molar-refractivity contribution in [3.63, 3.8) is 0 Å². The van der Waals surface area contributed by atoms with Crippen molar-refractivity contribution >= 4 is 33.3 Å². The quantitative estimate of drug-likeness (QED) is 0.754. The van der Waals surface area contributed by atoms with Crippen LogP contribution in [-0.4, -0.2) is 25.5 Å². The number of hydrogen-bond donors (Lipinski definition) is 1. The van der Waals surface area contributed by atoms with Crippen molar-refractivity contribution in [1.82, 2.24) is 19.6 Å². The zero-order valence-corrected chi connectivity index (χ0v) is 13.4. The van der Waals surface area contributed by atoms with Gasteiger partial charge in [-0.1, -0.05) is 0 Å². The lowest BCUT2D eigenvalue weighted by atomic mass is 10.3. The number of amides is 1. The number of carbonyl (C=O) groups excluding carboxylic acids is 1. The Morgan fingerprint density at radius 3 is 2.78 bits per heavy atom. The van der Waals surface area contributed by atoms with Crippen molar-refractivity contribution in [2.24, 2.45) is 0 Å². The van der Waals surface area contributed by atoms with Crippen LogP contribution in [0.25, 0.3) is 5.65 Å². The molecule has 118 valence electrons. The molecule has 0 aliphatic heterocycles. The van der Waals surface area contributed by atoms with Crippen LogP contribution in [0, 0.1) is 6.92 Å². The fourth-order valence-corrected chi connectivity index (χ4v) is 2.30. The predicted molar refractivity (Wildman–Crippen MR) is 82.6 cm³/mol. The van der Waals surface area contributed by atoms with Gasteiger partial charge in [0.05, 0.1) is 6.20 Å². The summed E-state index contributed by atoms with van der Waals surface area (Å²) in [5.41, 5.74) is 0.243. The number of aromatic nitrogens is 4. The number of aryl methyl sites for hydroxylation is 1. The van der Waals surface area contributed by atoms with Gasteiger partial charge in [0.15, 0.2) is 5.65 Å². The Kier molecular flexibility index (Phi) is 4.03. The molecule has 0 unspecified atom stereocenters. The molecule has 0 fully saturated rings. The molecule has 1 amide bonds. The van der Waals surface area contributed by atoms with Crippen molar-refractivity contribution in [2.75, 3.05) is 5.32 Å². The highest BCUT2D eigenvalue weighted by atomic mass is 79.9. The van der Waals surface area contributed by atoms with Crippen LogP contribution in [0.5, 0.6) is 0 Å². The first-order chi connectivity index (χ1) is 11.0. The molecule has 0 saturated heterocycles. The minimum absolute atomic E-state index is 0.0786. The third-order valence-corrected chi connectivity index (χ3v) is 3.53. The fraction of sp³-hybridized carbons (Fsp3) is 0.143. The van der Waals surface area contributed by atoms with E-state index in [0.29, 0.717) is 11.5 Å². The third kappa shape index (κ3) is 3.04. The van der Waals surface area contributed by atoms with Crippen LogP contribution in [-0.2, 0) is 0 Å². The molecule has 0 saturated carbocycles. The van der Waals surface area contributed by atoms with Crippen LogP contribution >= 0.6 is 15.9 Å². The van der Waals surface area contributed by atoms with Gasteiger partial charge in [-0.2, -0.15) is 5.10 Å². The smallest absolute Gasteiger partial charge is 0.280 e. The number of hydrogen-bond acceptors (Lipinski definition) is 4. The van der Waals surface area contributed by atoms with E-state index >= 15 is 0 Å². The van der Waals surface area contributed by atoms with Crippen LogP contribution < -0.4 is 5.32 Å². The van der Waals surface area contributed by atoms with Gasteiger partial charge in [0.2, 0.25) is 0 Å². The molecule has 0 spiro atoms. The number of anilines is 1. The lowest BCUT2D eigenvalue weighted by Gasteiger charge is -2.06. The summed E-state index contributed by atoms with van der Waals surface area (Å²) < 4.78 is 27.9. The zero-order valence-electron chi connectivity index (χ0n) is 11.8. The second-order valence-electron chi connectivity index (χ2n) is 4.73. The molecule has 1 N–H and O–H groups in total. The number of carbonyl (C=O) groups is 1. The molecule has 3 aromatic heterocycles. The highest BCUT2D eigenvalue weighted by molar-refractivity contribution is 9.10. The fourth-order valence-electron chi connectivity index (χ4n) is 2.06. The Bertz CT molecular complexity index is 879. The van der Waals surface area contributed by atoms with Crippen LogP contribution in [0.3, 0.4) is 0 Å². The third-order valence-electron chi connectivity index (χ3n) is 3.06. The normalized spacial score (nSPS) is 11.2. The van der Waals surface area contributed by atoms with Gasteiger partial charge in [-0.25, -0.2) is 23.3 Å². The summed E-state index contributed by atoms with van der Waals surface area (Å²) in [5, 5.41) is 6.42. The topological polar surface area (TPSA) is 72.2 Å². The van der Waals surface area contributed by atoms with E-state index in [0.717, 1.165) is 8.99 Å². The maximum Gasteiger partial charge on any atom is 0.280 e. The van der Waals surface area contributed by atoms with Crippen molar-refractivity contribution in [3.8, 4) is 0 Å². The first-order valence-corrected chi connectivity index (χ1v) is 7.31. The number of pyridine rings is 1. The predicted octanol–water partition coefficient (Wildman–Crippen LogP) is 3.39. The van der Waals surface area contributed by atoms with Gasteiger partial charge in [-0.15, -0.1) is 0 Å². The van der Waals surface area contributed by atoms with E-state index in [1.54, 1.807) is 19.1 Å². The van der Waals surface area contributed by atoms with Gasteiger partial charge in [-0.3, -0.25) is 4.79 Å². The summed E-state index contributed by atoms with van der Waals surface area (Å²) in [6.45, 7) is 1.58. The molecule has 9 heteroatoms. The van der Waals surface area contributed by atoms with Crippen molar-refractivity contribution < 1.29 is 13.6 Å². The molecule has 0 aromatic carbocycles. The van der Waals surface area contributed by atoms with Crippen LogP contribution in [0.1, 0.15) is 28.2 Å². The number of fused-ring (bicyclic) bond motifs is 1. The minimum Gasteiger partial charge on any atom is -0.306 e. The van der Waals surface area contributed by atoms with Gasteiger partial charge in [-0.05, 0) is 41.1 Å². The molecular formula is C14H10BrF2N5O. The monoisotopic (exact) mass is 381 g/mol. The summed E-state index contributed by atoms with van der Waals surface area (Å²) >= 11 is 3.24. The average Bonchev–Trinajstić information content (AvgIpc) is 2.92. The van der Waals surface area contributed by atoms with E-state index in [2.05, 4.69) is 36.3 Å². The van der Waals surface area contributed by atoms with E-state index in [4.69, 9.17) is 0 Å². The average molecular weight is 382 g/mol. The van der Waals surface area contributed by atoms with E-state index in [1.807, 2.05) is 0 Å². The van der Waals surface area contributed by atoms with Crippen LogP contribution in [0.4, 0.5) is 14.6 Å². The van der Waals surface area contributed by atoms with Crippen LogP contribution in [0.15, 0.2) is 35.1 Å². The van der Waals surface area contributed by atoms with Crippen molar-refractivity contribution in [1.29, 1.82) is 0 Å². The van der Waals surface area contributed by atoms with Gasteiger partial charge >= 0.3 is 0 Å². The first-order valence-electron chi connectivity index (χ1n) is 6.52. The molecular weight excluding hydrogens is 372 g/mol. The maximum absolute atomic E-state index is 13.1. The number of nitrogens with one attached hydrogen (secondary N) is 1. The molecule has 0 aliphatic carbocycles. The Morgan fingerprint density at radius 2 is 2.13 bits per heavy atom. The van der Waals surface area contributed by atoms with E-state index in [-0.39, 0.29) is 16.9 Å². The molecule has 0 bridgehead atoms. The molecule has 3 rings (SSSR count). The SMILES string of the molecule is Cc1cc(C(F)F)n2ncc(C(=O)Nc3ccc(Br)cn3)c2n1. The molecule has 3 heterocycles. The van der Waals surface area contributed by atoms with Gasteiger partial charge in [0.1, 0.15) is 17.1 Å². The molecule has 6 nitrogen and oxygen atoms in total. The number of rotatable bonds is 3. The standard InChI is InChI=1S/C14H10BrF2N5O/c1-7-4-10(12(16)17)22-13(20-7)9(6-19-22)14(23)21-11-3-2-8(15)5-18-11/h2-6,12H,1H3,(H,18,21,23). The van der Waals surface area contributed by atoms with Gasteiger partial charge in [0, 0.05) is 16.4 Å². The number of nitrogens with zero attached hydrogens (tertiary/aromatic N) is 4. The van der Waals surface area contributed by atoms with E-state index in [1.165, 1.54) is 18.5 Å². The lowest BCUT2D eigenvalue weighted by molar-refractivity contribution is 0.102. The maximum atomic E-state index is 13.1. The molecule has 0 radical (unpaired) electrons. The summed E-state index contributed by atoms with van der Waals surface area (Å²) in [7, 11) is 0. The van der Waals surface area contributed by atoms with Crippen molar-refractivity contribution in [2.45, 2.75) is 13.3 Å². The Balaban J connectivity index is 1.99. The summed E-state index contributed by atoms with van der Waals surface area (Å²) in [6, 6.07) is 4.57. The molecule has 0 atom stereocenters. The largest absolute Gasteiger partial charge is 0.306 e.